The maximum absolute atomic E-state index is 11.9. The lowest BCUT2D eigenvalue weighted by atomic mass is 10.1. The molecule has 0 aromatic carbocycles. The van der Waals surface area contributed by atoms with Gasteiger partial charge in [0, 0.05) is 18.0 Å². The summed E-state index contributed by atoms with van der Waals surface area (Å²) in [6, 6.07) is 5.24. The van der Waals surface area contributed by atoms with Crippen molar-refractivity contribution >= 4 is 22.9 Å². The average molecular weight is 245 g/mol. The first-order chi connectivity index (χ1) is 8.18. The van der Waals surface area contributed by atoms with Crippen LogP contribution in [0.3, 0.4) is 0 Å². The molecular weight excluding hydrogens is 234 g/mol. The number of aryl methyl sites for hydroxylation is 1. The number of hydrogen-bond donors (Lipinski definition) is 0. The molecule has 4 heteroatoms. The number of Topliss-reactive ketones (excluding diaryl/α,β-unsaturated/α-hetero) is 2. The number of rotatable bonds is 4. The van der Waals surface area contributed by atoms with E-state index in [9.17, 15) is 9.59 Å². The zero-order valence-corrected chi connectivity index (χ0v) is 10.2. The maximum Gasteiger partial charge on any atom is 0.180 e. The molecule has 0 spiro atoms. The van der Waals surface area contributed by atoms with Gasteiger partial charge in [0.2, 0.25) is 0 Å². The minimum absolute atomic E-state index is 0.0902. The van der Waals surface area contributed by atoms with Crippen molar-refractivity contribution in [1.82, 2.24) is 4.98 Å². The van der Waals surface area contributed by atoms with Crippen molar-refractivity contribution in [2.45, 2.75) is 13.3 Å². The van der Waals surface area contributed by atoms with Gasteiger partial charge in [-0.25, -0.2) is 0 Å². The smallest absolute Gasteiger partial charge is 0.180 e. The first-order valence-corrected chi connectivity index (χ1v) is 6.07. The van der Waals surface area contributed by atoms with Gasteiger partial charge < -0.3 is 0 Å². The van der Waals surface area contributed by atoms with Gasteiger partial charge >= 0.3 is 0 Å². The lowest BCUT2D eigenvalue weighted by Crippen LogP contribution is -2.08. The Kier molecular flexibility index (Phi) is 3.44. The molecule has 0 N–H and O–H groups in total. The van der Waals surface area contributed by atoms with Gasteiger partial charge in [0.25, 0.3) is 0 Å². The van der Waals surface area contributed by atoms with E-state index >= 15 is 0 Å². The Morgan fingerprint density at radius 3 is 2.71 bits per heavy atom. The van der Waals surface area contributed by atoms with Crippen molar-refractivity contribution in [3.05, 3.63) is 52.0 Å². The lowest BCUT2D eigenvalue weighted by Gasteiger charge is -1.99. The molecule has 0 saturated carbocycles. The molecule has 0 radical (unpaired) electrons. The minimum atomic E-state index is -0.184. The molecule has 0 saturated heterocycles. The molecule has 0 aliphatic heterocycles. The highest BCUT2D eigenvalue weighted by molar-refractivity contribution is 7.12. The molecule has 2 aromatic heterocycles. The quantitative estimate of drug-likeness (QED) is 0.614. The zero-order valence-electron chi connectivity index (χ0n) is 9.34. The summed E-state index contributed by atoms with van der Waals surface area (Å²) in [5, 5.41) is 1.86. The number of pyridine rings is 1. The summed E-state index contributed by atoms with van der Waals surface area (Å²) in [5.41, 5.74) is 1.41. The van der Waals surface area contributed by atoms with Gasteiger partial charge in [-0.15, -0.1) is 11.3 Å². The van der Waals surface area contributed by atoms with E-state index in [2.05, 4.69) is 4.98 Å². The second-order valence-electron chi connectivity index (χ2n) is 3.70. The van der Waals surface area contributed by atoms with E-state index in [4.69, 9.17) is 0 Å². The van der Waals surface area contributed by atoms with Gasteiger partial charge in [-0.3, -0.25) is 14.6 Å². The third-order valence-electron chi connectivity index (χ3n) is 2.42. The number of carbonyl (C=O) groups is 2. The molecule has 86 valence electrons. The fourth-order valence-electron chi connectivity index (χ4n) is 1.51. The molecule has 0 fully saturated rings. The fraction of sp³-hybridized carbons (Fsp3) is 0.154. The van der Waals surface area contributed by atoms with E-state index < -0.39 is 0 Å². The Hall–Kier alpha value is -1.81. The molecule has 0 aliphatic rings. The van der Waals surface area contributed by atoms with Crippen molar-refractivity contribution < 1.29 is 9.59 Å². The number of ketones is 2. The van der Waals surface area contributed by atoms with E-state index in [0.717, 1.165) is 5.56 Å². The Morgan fingerprint density at radius 2 is 2.12 bits per heavy atom. The summed E-state index contributed by atoms with van der Waals surface area (Å²) in [6.07, 6.45) is 2.99. The fourth-order valence-corrected chi connectivity index (χ4v) is 2.38. The summed E-state index contributed by atoms with van der Waals surface area (Å²) in [5.74, 6) is -0.303. The number of carbonyl (C=O) groups excluding carboxylic acids is 2. The van der Waals surface area contributed by atoms with Crippen LogP contribution in [0.25, 0.3) is 0 Å². The van der Waals surface area contributed by atoms with Crippen LogP contribution in [0, 0.1) is 6.92 Å². The third-order valence-corrected chi connectivity index (χ3v) is 3.48. The van der Waals surface area contributed by atoms with Gasteiger partial charge in [0.15, 0.2) is 11.6 Å². The standard InChI is InChI=1S/C13H11NO2S/c1-9-4-6-17-13(9)12(16)7-11(15)10-3-2-5-14-8-10/h2-6,8H,7H2,1H3. The summed E-state index contributed by atoms with van der Waals surface area (Å²) >= 11 is 1.38. The van der Waals surface area contributed by atoms with Crippen LogP contribution in [0.4, 0.5) is 0 Å². The van der Waals surface area contributed by atoms with E-state index in [1.807, 2.05) is 18.4 Å². The molecule has 2 rings (SSSR count). The molecule has 17 heavy (non-hydrogen) atoms. The molecule has 0 atom stereocenters. The summed E-state index contributed by atoms with van der Waals surface area (Å²) in [4.78, 5) is 28.2. The maximum atomic E-state index is 11.9. The van der Waals surface area contributed by atoms with Gasteiger partial charge in [-0.05, 0) is 36.1 Å². The Labute approximate surface area is 103 Å². The normalized spacial score (nSPS) is 10.2. The zero-order chi connectivity index (χ0) is 12.3. The van der Waals surface area contributed by atoms with Crippen molar-refractivity contribution in [3.63, 3.8) is 0 Å². The molecule has 2 heterocycles. The number of hydrogen-bond acceptors (Lipinski definition) is 4. The first-order valence-electron chi connectivity index (χ1n) is 5.19. The van der Waals surface area contributed by atoms with Gasteiger partial charge in [-0.1, -0.05) is 0 Å². The van der Waals surface area contributed by atoms with Gasteiger partial charge in [-0.2, -0.15) is 0 Å². The van der Waals surface area contributed by atoms with Crippen LogP contribution in [-0.4, -0.2) is 16.6 Å². The van der Waals surface area contributed by atoms with Crippen LogP contribution in [0.5, 0.6) is 0 Å². The van der Waals surface area contributed by atoms with E-state index in [1.165, 1.54) is 17.5 Å². The van der Waals surface area contributed by atoms with E-state index in [-0.39, 0.29) is 18.0 Å². The van der Waals surface area contributed by atoms with E-state index in [1.54, 1.807) is 18.3 Å². The molecule has 0 amide bonds. The largest absolute Gasteiger partial charge is 0.294 e. The third kappa shape index (κ3) is 2.65. The van der Waals surface area contributed by atoms with Crippen LogP contribution in [-0.2, 0) is 0 Å². The van der Waals surface area contributed by atoms with Crippen LogP contribution in [0.15, 0.2) is 36.0 Å². The van der Waals surface area contributed by atoms with Crippen molar-refractivity contribution in [2.24, 2.45) is 0 Å². The lowest BCUT2D eigenvalue weighted by molar-refractivity contribution is 0.0896. The van der Waals surface area contributed by atoms with Crippen LogP contribution in [0.1, 0.15) is 32.0 Å². The van der Waals surface area contributed by atoms with E-state index in [0.29, 0.717) is 10.4 Å². The predicted octanol–water partition coefficient (Wildman–Crippen LogP) is 2.91. The number of thiophene rings is 1. The monoisotopic (exact) mass is 245 g/mol. The van der Waals surface area contributed by atoms with Crippen LogP contribution >= 0.6 is 11.3 Å². The van der Waals surface area contributed by atoms with Crippen molar-refractivity contribution in [1.29, 1.82) is 0 Å². The molecule has 0 unspecified atom stereocenters. The second kappa shape index (κ2) is 5.01. The minimum Gasteiger partial charge on any atom is -0.294 e. The SMILES string of the molecule is Cc1ccsc1C(=O)CC(=O)c1cccnc1. The molecule has 0 aliphatic carbocycles. The summed E-state index contributed by atoms with van der Waals surface area (Å²) in [7, 11) is 0. The predicted molar refractivity (Wildman–Crippen MR) is 66.6 cm³/mol. The van der Waals surface area contributed by atoms with Gasteiger partial charge in [0.1, 0.15) is 0 Å². The highest BCUT2D eigenvalue weighted by Gasteiger charge is 2.16. The van der Waals surface area contributed by atoms with Crippen LogP contribution in [0.2, 0.25) is 0 Å². The highest BCUT2D eigenvalue weighted by Crippen LogP contribution is 2.18. The summed E-state index contributed by atoms with van der Waals surface area (Å²) < 4.78 is 0. The topological polar surface area (TPSA) is 47.0 Å². The molecular formula is C13H11NO2S. The molecule has 2 aromatic rings. The molecule has 0 bridgehead atoms. The van der Waals surface area contributed by atoms with Crippen molar-refractivity contribution in [2.75, 3.05) is 0 Å². The Morgan fingerprint density at radius 1 is 1.29 bits per heavy atom. The Bertz CT molecular complexity index is 546. The Balaban J connectivity index is 2.10. The first kappa shape index (κ1) is 11.7. The van der Waals surface area contributed by atoms with Gasteiger partial charge in [0.05, 0.1) is 11.3 Å². The van der Waals surface area contributed by atoms with Crippen LogP contribution < -0.4 is 0 Å². The molecule has 3 nitrogen and oxygen atoms in total. The summed E-state index contributed by atoms with van der Waals surface area (Å²) in [6.45, 7) is 1.87. The average Bonchev–Trinajstić information content (AvgIpc) is 2.76. The number of aromatic nitrogens is 1. The highest BCUT2D eigenvalue weighted by atomic mass is 32.1. The number of nitrogens with zero attached hydrogens (tertiary/aromatic N) is 1. The second-order valence-corrected chi connectivity index (χ2v) is 4.61. The van der Waals surface area contributed by atoms with Crippen molar-refractivity contribution in [3.8, 4) is 0 Å².